The van der Waals surface area contributed by atoms with Crippen molar-refractivity contribution in [2.24, 2.45) is 0 Å². The normalized spacial score (nSPS) is 13.1. The van der Waals surface area contributed by atoms with Gasteiger partial charge in [-0.15, -0.1) is 0 Å². The highest BCUT2D eigenvalue weighted by atomic mass is 19.1. The van der Waals surface area contributed by atoms with E-state index >= 15 is 0 Å². The van der Waals surface area contributed by atoms with E-state index in [0.29, 0.717) is 29.8 Å². The molecule has 4 aromatic heterocycles. The first-order valence-electron chi connectivity index (χ1n) is 10.5. The van der Waals surface area contributed by atoms with Crippen molar-refractivity contribution in [2.45, 2.75) is 0 Å². The van der Waals surface area contributed by atoms with E-state index in [2.05, 4.69) is 24.6 Å². The average molecular weight is 509 g/mol. The van der Waals surface area contributed by atoms with Gasteiger partial charge in [0.15, 0.2) is 0 Å². The molecule has 0 spiro atoms. The molecule has 1 aliphatic rings. The molecule has 0 atom stereocenters. The first-order valence-corrected chi connectivity index (χ1v) is 10.5. The molecule has 0 aliphatic carbocycles. The lowest BCUT2D eigenvalue weighted by Crippen LogP contribution is -2.61. The third-order valence-electron chi connectivity index (χ3n) is 4.70. The Kier molecular flexibility index (Phi) is 8.85. The molecule has 37 heavy (non-hydrogen) atoms. The summed E-state index contributed by atoms with van der Waals surface area (Å²) in [5.41, 5.74) is 1.33. The maximum Gasteiger partial charge on any atom is 0.569 e. The van der Waals surface area contributed by atoms with Crippen molar-refractivity contribution in [3.05, 3.63) is 97.1 Å². The van der Waals surface area contributed by atoms with Gasteiger partial charge in [-0.25, -0.2) is 19.9 Å². The summed E-state index contributed by atoms with van der Waals surface area (Å²) in [7, 11) is -2.37. The first-order chi connectivity index (χ1) is 17.9. The highest BCUT2D eigenvalue weighted by Crippen LogP contribution is 2.10. The Morgan fingerprint density at radius 3 is 1.19 bits per heavy atom. The molecule has 1 aliphatic heterocycles. The van der Waals surface area contributed by atoms with Gasteiger partial charge < -0.3 is 23.4 Å². The molecule has 183 valence electrons. The fraction of sp³-hybridized carbons (Fsp3) is 0. The van der Waals surface area contributed by atoms with Crippen LogP contribution in [-0.2, 0) is 13.7 Å². The average Bonchev–Trinajstić information content (AvgIpc) is 2.91. The summed E-state index contributed by atoms with van der Waals surface area (Å²) >= 11 is 0. The minimum atomic E-state index is -0.961. The van der Waals surface area contributed by atoms with E-state index in [1.807, 2.05) is 0 Å². The Labute approximate surface area is 209 Å². The van der Waals surface area contributed by atoms with E-state index in [0.717, 1.165) is 6.07 Å². The summed E-state index contributed by atoms with van der Waals surface area (Å²) < 4.78 is 73.1. The number of pyridine rings is 4. The topological polar surface area (TPSA) is 109 Å². The van der Waals surface area contributed by atoms with E-state index in [-0.39, 0.29) is 0 Å². The Morgan fingerprint density at radius 1 is 0.568 bits per heavy atom. The zero-order chi connectivity index (χ0) is 26.2. The molecule has 0 unspecified atom stereocenters. The molecule has 0 amide bonds. The van der Waals surface area contributed by atoms with Crippen LogP contribution in [0.3, 0.4) is 0 Å². The summed E-state index contributed by atoms with van der Waals surface area (Å²) in [6.07, 6.45) is 4.98. The van der Waals surface area contributed by atoms with Gasteiger partial charge in [0.2, 0.25) is 23.8 Å². The fourth-order valence-corrected chi connectivity index (χ4v) is 2.98. The third-order valence-corrected chi connectivity index (χ3v) is 4.70. The van der Waals surface area contributed by atoms with Crippen LogP contribution in [0.2, 0.25) is 0 Å². The maximum absolute atomic E-state index is 13.1. The van der Waals surface area contributed by atoms with Gasteiger partial charge in [-0.1, -0.05) is 18.2 Å². The van der Waals surface area contributed by atoms with E-state index in [4.69, 9.17) is 18.7 Å². The number of hydrogen-bond acceptors (Lipinski definition) is 9. The SMILES string of the molecule is Fc1ccc(B2OB(c3ccc(F)nc3)OB(c3ccc(F)nc3)O2)cn1.O[B]Oc1ccc(F)nc1. The van der Waals surface area contributed by atoms with Gasteiger partial charge in [-0.2, -0.15) is 17.6 Å². The van der Waals surface area contributed by atoms with Crippen LogP contribution in [0.15, 0.2) is 73.3 Å². The lowest BCUT2D eigenvalue weighted by atomic mass is 9.62. The monoisotopic (exact) mass is 509 g/mol. The lowest BCUT2D eigenvalue weighted by molar-refractivity contribution is 0.308. The lowest BCUT2D eigenvalue weighted by Gasteiger charge is -2.31. The van der Waals surface area contributed by atoms with Crippen molar-refractivity contribution >= 4 is 45.4 Å². The number of rotatable bonds is 5. The van der Waals surface area contributed by atoms with Crippen molar-refractivity contribution in [2.75, 3.05) is 0 Å². The Balaban J connectivity index is 0.000000270. The highest BCUT2D eigenvalue weighted by Gasteiger charge is 2.44. The molecular weight excluding hydrogens is 495 g/mol. The van der Waals surface area contributed by atoms with Crippen LogP contribution < -0.4 is 21.0 Å². The summed E-state index contributed by atoms with van der Waals surface area (Å²) in [6, 6.07) is 10.4. The second kappa shape index (κ2) is 12.5. The quantitative estimate of drug-likeness (QED) is 0.226. The van der Waals surface area contributed by atoms with Crippen molar-refractivity contribution in [1.82, 2.24) is 19.9 Å². The summed E-state index contributed by atoms with van der Waals surface area (Å²) in [6.45, 7) is 0. The van der Waals surface area contributed by atoms with Crippen LogP contribution >= 0.6 is 0 Å². The van der Waals surface area contributed by atoms with Crippen LogP contribution in [0.25, 0.3) is 0 Å². The van der Waals surface area contributed by atoms with Gasteiger partial charge in [-0.05, 0) is 46.7 Å². The minimum absolute atomic E-state index is 0.295. The van der Waals surface area contributed by atoms with Crippen LogP contribution in [0, 0.1) is 23.8 Å². The molecule has 1 fully saturated rings. The third kappa shape index (κ3) is 7.36. The molecule has 0 saturated carbocycles. The first kappa shape index (κ1) is 26.3. The number of aromatic nitrogens is 4. The van der Waals surface area contributed by atoms with Crippen molar-refractivity contribution in [3.8, 4) is 5.75 Å². The molecule has 0 aromatic carbocycles. The van der Waals surface area contributed by atoms with Gasteiger partial charge in [-0.3, -0.25) is 0 Å². The van der Waals surface area contributed by atoms with Crippen LogP contribution in [0.5, 0.6) is 5.75 Å². The molecule has 9 nitrogen and oxygen atoms in total. The zero-order valence-electron chi connectivity index (χ0n) is 18.6. The molecular formula is C20H13B4F4N4O5. The summed E-state index contributed by atoms with van der Waals surface area (Å²) in [5, 5.41) is 8.12. The summed E-state index contributed by atoms with van der Waals surface area (Å²) in [4.78, 5) is 14.0. The molecule has 1 radical (unpaired) electrons. The van der Waals surface area contributed by atoms with Crippen LogP contribution in [0.4, 0.5) is 17.6 Å². The van der Waals surface area contributed by atoms with Crippen LogP contribution in [-0.4, -0.2) is 54.0 Å². The van der Waals surface area contributed by atoms with E-state index < -0.39 is 45.1 Å². The van der Waals surface area contributed by atoms with Crippen molar-refractivity contribution in [1.29, 1.82) is 0 Å². The van der Waals surface area contributed by atoms with Crippen molar-refractivity contribution in [3.63, 3.8) is 0 Å². The van der Waals surface area contributed by atoms with E-state index in [1.54, 1.807) is 0 Å². The second-order valence-electron chi connectivity index (χ2n) is 7.19. The molecule has 17 heteroatoms. The fourth-order valence-electron chi connectivity index (χ4n) is 2.98. The second-order valence-corrected chi connectivity index (χ2v) is 7.19. The number of nitrogens with zero attached hydrogens (tertiary/aromatic N) is 4. The molecule has 5 rings (SSSR count). The Bertz CT molecular complexity index is 1150. The van der Waals surface area contributed by atoms with Gasteiger partial charge in [0, 0.05) is 18.6 Å². The van der Waals surface area contributed by atoms with Gasteiger partial charge in [0.05, 0.1) is 6.20 Å². The number of hydrogen-bond donors (Lipinski definition) is 1. The Hall–Kier alpha value is -3.78. The predicted molar refractivity (Wildman–Crippen MR) is 125 cm³/mol. The van der Waals surface area contributed by atoms with E-state index in [9.17, 15) is 17.6 Å². The molecule has 4 aromatic rings. The molecule has 0 bridgehead atoms. The minimum Gasteiger partial charge on any atom is -0.536 e. The Morgan fingerprint density at radius 2 is 0.919 bits per heavy atom. The zero-order valence-corrected chi connectivity index (χ0v) is 18.6. The van der Waals surface area contributed by atoms with E-state index in [1.165, 1.54) is 67.3 Å². The van der Waals surface area contributed by atoms with Gasteiger partial charge in [0.1, 0.15) is 5.75 Å². The van der Waals surface area contributed by atoms with Gasteiger partial charge >= 0.3 is 29.0 Å². The highest BCUT2D eigenvalue weighted by molar-refractivity contribution is 6.87. The molecule has 1 saturated heterocycles. The smallest absolute Gasteiger partial charge is 0.536 e. The van der Waals surface area contributed by atoms with Gasteiger partial charge in [0.25, 0.3) is 0 Å². The molecule has 5 heterocycles. The number of halogens is 4. The maximum atomic E-state index is 13.1. The molecule has 1 N–H and O–H groups in total. The standard InChI is InChI=1S/C15H9B3F3N3O3.C5H4BFNO2/c19-13-4-1-10(7-22-13)16-25-17(11-2-5-14(20)23-8-11)27-18(26-16)12-3-6-15(21)24-9-12;7-5-2-1-4(3-8-5)10-6-9/h1-9H;1-3,9H. The largest absolute Gasteiger partial charge is 0.569 e. The summed E-state index contributed by atoms with van der Waals surface area (Å²) in [5.74, 6) is -2.23. The van der Waals surface area contributed by atoms with Crippen molar-refractivity contribution < 1.29 is 41.0 Å². The van der Waals surface area contributed by atoms with Crippen LogP contribution in [0.1, 0.15) is 0 Å². The predicted octanol–water partition coefficient (Wildman–Crippen LogP) is -0.0357.